The molecule has 1 aromatic rings. The fraction of sp³-hybridized carbons (Fsp3) is 0.562. The highest BCUT2D eigenvalue weighted by Crippen LogP contribution is 2.18. The van der Waals surface area contributed by atoms with Gasteiger partial charge in [-0.25, -0.2) is 0 Å². The summed E-state index contributed by atoms with van der Waals surface area (Å²) in [5.41, 5.74) is 3.02. The van der Waals surface area contributed by atoms with Gasteiger partial charge in [0.05, 0.1) is 0 Å². The van der Waals surface area contributed by atoms with Crippen molar-refractivity contribution in [3.05, 3.63) is 34.9 Å². The van der Waals surface area contributed by atoms with Crippen molar-refractivity contribution in [1.82, 2.24) is 10.6 Å². The molecule has 2 rings (SSSR count). The van der Waals surface area contributed by atoms with Crippen LogP contribution in [0.25, 0.3) is 0 Å². The Balaban J connectivity index is 2.11. The van der Waals surface area contributed by atoms with Gasteiger partial charge in [-0.15, -0.1) is 0 Å². The number of carbonyl (C=O) groups excluding carboxylic acids is 1. The molecule has 0 aromatic heterocycles. The molecule has 3 heteroatoms. The summed E-state index contributed by atoms with van der Waals surface area (Å²) in [4.78, 5) is 12.4. The van der Waals surface area contributed by atoms with Gasteiger partial charge in [0.2, 0.25) is 0 Å². The number of hydrogen-bond acceptors (Lipinski definition) is 2. The van der Waals surface area contributed by atoms with Crippen LogP contribution in [-0.4, -0.2) is 24.5 Å². The highest BCUT2D eigenvalue weighted by molar-refractivity contribution is 5.95. The van der Waals surface area contributed by atoms with E-state index in [1.54, 1.807) is 0 Å². The molecule has 1 aliphatic rings. The fourth-order valence-corrected chi connectivity index (χ4v) is 2.90. The van der Waals surface area contributed by atoms with Gasteiger partial charge in [-0.3, -0.25) is 4.79 Å². The van der Waals surface area contributed by atoms with Gasteiger partial charge in [-0.05, 0) is 51.3 Å². The smallest absolute Gasteiger partial charge is 0.251 e. The number of hydrogen-bond donors (Lipinski definition) is 2. The van der Waals surface area contributed by atoms with Gasteiger partial charge in [0, 0.05) is 17.6 Å². The van der Waals surface area contributed by atoms with Crippen LogP contribution in [0.2, 0.25) is 0 Å². The molecular formula is C16H24N2O. The summed E-state index contributed by atoms with van der Waals surface area (Å²) in [7, 11) is 0. The van der Waals surface area contributed by atoms with Crippen molar-refractivity contribution < 1.29 is 4.79 Å². The third kappa shape index (κ3) is 3.16. The van der Waals surface area contributed by atoms with Crippen LogP contribution in [0.15, 0.2) is 18.2 Å². The standard InChI is InChI=1S/C16H24N2O/c1-10-5-6-14(12(3)9-10)16(19)18-15-11(2)7-8-17-13(15)4/h5-6,9,11,13,15,17H,7-8H2,1-4H3,(H,18,19). The van der Waals surface area contributed by atoms with Gasteiger partial charge in [0.1, 0.15) is 0 Å². The Bertz CT molecular complexity index is 460. The molecule has 0 radical (unpaired) electrons. The van der Waals surface area contributed by atoms with Crippen molar-refractivity contribution in [3.63, 3.8) is 0 Å². The zero-order valence-corrected chi connectivity index (χ0v) is 12.3. The molecule has 1 aliphatic heterocycles. The lowest BCUT2D eigenvalue weighted by molar-refractivity contribution is 0.0897. The number of carbonyl (C=O) groups is 1. The van der Waals surface area contributed by atoms with Gasteiger partial charge >= 0.3 is 0 Å². The molecule has 1 fully saturated rings. The minimum atomic E-state index is 0.0462. The van der Waals surface area contributed by atoms with Crippen LogP contribution in [0.4, 0.5) is 0 Å². The Hall–Kier alpha value is -1.35. The Labute approximate surface area is 115 Å². The maximum Gasteiger partial charge on any atom is 0.251 e. The van der Waals surface area contributed by atoms with Crippen molar-refractivity contribution in [3.8, 4) is 0 Å². The van der Waals surface area contributed by atoms with Gasteiger partial charge in [-0.2, -0.15) is 0 Å². The predicted octanol–water partition coefficient (Wildman–Crippen LogP) is 2.42. The van der Waals surface area contributed by atoms with Crippen molar-refractivity contribution in [2.75, 3.05) is 6.54 Å². The third-order valence-electron chi connectivity index (χ3n) is 4.14. The van der Waals surface area contributed by atoms with Gasteiger partial charge in [0.25, 0.3) is 5.91 Å². The second-order valence-corrected chi connectivity index (χ2v) is 5.83. The first-order chi connectivity index (χ1) is 8.99. The van der Waals surface area contributed by atoms with E-state index in [1.807, 2.05) is 26.0 Å². The number of amides is 1. The number of benzene rings is 1. The first-order valence-electron chi connectivity index (χ1n) is 7.10. The largest absolute Gasteiger partial charge is 0.347 e. The van der Waals surface area contributed by atoms with E-state index in [1.165, 1.54) is 5.56 Å². The molecule has 0 aliphatic carbocycles. The van der Waals surface area contributed by atoms with Crippen LogP contribution < -0.4 is 10.6 Å². The first kappa shape index (κ1) is 14.1. The lowest BCUT2D eigenvalue weighted by Crippen LogP contribution is -2.55. The highest BCUT2D eigenvalue weighted by Gasteiger charge is 2.29. The molecule has 1 aromatic carbocycles. The van der Waals surface area contributed by atoms with Crippen LogP contribution in [0, 0.1) is 19.8 Å². The van der Waals surface area contributed by atoms with E-state index in [0.29, 0.717) is 12.0 Å². The Morgan fingerprint density at radius 2 is 2.05 bits per heavy atom. The minimum absolute atomic E-state index is 0.0462. The van der Waals surface area contributed by atoms with Gasteiger partial charge in [-0.1, -0.05) is 24.6 Å². The number of nitrogens with one attached hydrogen (secondary N) is 2. The molecule has 3 atom stereocenters. The molecule has 0 saturated carbocycles. The number of aryl methyl sites for hydroxylation is 2. The lowest BCUT2D eigenvalue weighted by atomic mass is 9.89. The van der Waals surface area contributed by atoms with E-state index in [-0.39, 0.29) is 11.9 Å². The zero-order valence-electron chi connectivity index (χ0n) is 12.3. The molecule has 0 bridgehead atoms. The van der Waals surface area contributed by atoms with Crippen LogP contribution in [0.3, 0.4) is 0 Å². The Kier molecular flexibility index (Phi) is 4.25. The summed E-state index contributed by atoms with van der Waals surface area (Å²) in [5.74, 6) is 0.566. The summed E-state index contributed by atoms with van der Waals surface area (Å²) in [5, 5.41) is 6.62. The average Bonchev–Trinajstić information content (AvgIpc) is 2.33. The van der Waals surface area contributed by atoms with Crippen molar-refractivity contribution in [2.45, 2.75) is 46.2 Å². The zero-order chi connectivity index (χ0) is 14.0. The molecule has 2 N–H and O–H groups in total. The topological polar surface area (TPSA) is 41.1 Å². The normalized spacial score (nSPS) is 27.1. The molecule has 3 nitrogen and oxygen atoms in total. The Morgan fingerprint density at radius 3 is 2.68 bits per heavy atom. The second kappa shape index (κ2) is 5.74. The summed E-state index contributed by atoms with van der Waals surface area (Å²) in [6, 6.07) is 6.51. The minimum Gasteiger partial charge on any atom is -0.347 e. The summed E-state index contributed by atoms with van der Waals surface area (Å²) >= 11 is 0. The molecule has 19 heavy (non-hydrogen) atoms. The van der Waals surface area contributed by atoms with E-state index in [2.05, 4.69) is 30.5 Å². The average molecular weight is 260 g/mol. The molecule has 3 unspecified atom stereocenters. The van der Waals surface area contributed by atoms with Crippen LogP contribution in [-0.2, 0) is 0 Å². The predicted molar refractivity (Wildman–Crippen MR) is 78.4 cm³/mol. The van der Waals surface area contributed by atoms with E-state index < -0.39 is 0 Å². The molecular weight excluding hydrogens is 236 g/mol. The molecule has 1 saturated heterocycles. The van der Waals surface area contributed by atoms with Crippen LogP contribution in [0.5, 0.6) is 0 Å². The third-order valence-corrected chi connectivity index (χ3v) is 4.14. The van der Waals surface area contributed by atoms with Crippen LogP contribution in [0.1, 0.15) is 41.8 Å². The van der Waals surface area contributed by atoms with Gasteiger partial charge in [0.15, 0.2) is 0 Å². The molecule has 1 heterocycles. The number of rotatable bonds is 2. The SMILES string of the molecule is Cc1ccc(C(=O)NC2C(C)CCNC2C)c(C)c1. The summed E-state index contributed by atoms with van der Waals surface area (Å²) in [6.45, 7) is 9.43. The van der Waals surface area contributed by atoms with Gasteiger partial charge < -0.3 is 10.6 Å². The van der Waals surface area contributed by atoms with E-state index in [4.69, 9.17) is 0 Å². The fourth-order valence-electron chi connectivity index (χ4n) is 2.90. The molecule has 0 spiro atoms. The maximum atomic E-state index is 12.4. The summed E-state index contributed by atoms with van der Waals surface area (Å²) in [6.07, 6.45) is 1.11. The maximum absolute atomic E-state index is 12.4. The summed E-state index contributed by atoms with van der Waals surface area (Å²) < 4.78 is 0. The molecule has 1 amide bonds. The Morgan fingerprint density at radius 1 is 1.32 bits per heavy atom. The van der Waals surface area contributed by atoms with Crippen molar-refractivity contribution >= 4 is 5.91 Å². The quantitative estimate of drug-likeness (QED) is 0.857. The van der Waals surface area contributed by atoms with Crippen molar-refractivity contribution in [1.29, 1.82) is 0 Å². The highest BCUT2D eigenvalue weighted by atomic mass is 16.1. The molecule has 104 valence electrons. The van der Waals surface area contributed by atoms with E-state index >= 15 is 0 Å². The van der Waals surface area contributed by atoms with E-state index in [0.717, 1.165) is 24.1 Å². The second-order valence-electron chi connectivity index (χ2n) is 5.83. The number of piperidine rings is 1. The van der Waals surface area contributed by atoms with E-state index in [9.17, 15) is 4.79 Å². The monoisotopic (exact) mass is 260 g/mol. The lowest BCUT2D eigenvalue weighted by Gasteiger charge is -2.36. The van der Waals surface area contributed by atoms with Crippen molar-refractivity contribution in [2.24, 2.45) is 5.92 Å². The first-order valence-corrected chi connectivity index (χ1v) is 7.10. The van der Waals surface area contributed by atoms with Crippen LogP contribution >= 0.6 is 0 Å².